The number of halogens is 2. The number of nitrogens with one attached hydrogen (secondary N) is 1. The van der Waals surface area contributed by atoms with E-state index in [0.29, 0.717) is 10.8 Å². The van der Waals surface area contributed by atoms with Crippen LogP contribution in [0.25, 0.3) is 10.9 Å². The van der Waals surface area contributed by atoms with Gasteiger partial charge in [0.15, 0.2) is 0 Å². The first kappa shape index (κ1) is 19.8. The van der Waals surface area contributed by atoms with Crippen LogP contribution in [-0.2, 0) is 16.0 Å². The number of hydrogen-bond donors (Lipinski definition) is 1. The van der Waals surface area contributed by atoms with E-state index in [1.54, 1.807) is 19.2 Å². The number of hydrogen-bond acceptors (Lipinski definition) is 4. The van der Waals surface area contributed by atoms with Crippen LogP contribution in [0.4, 0.5) is 0 Å². The third-order valence-corrected chi connectivity index (χ3v) is 4.19. The van der Waals surface area contributed by atoms with E-state index < -0.39 is 11.9 Å². The van der Waals surface area contributed by atoms with Gasteiger partial charge >= 0.3 is 11.9 Å². The minimum absolute atomic E-state index is 0. The first-order valence-electron chi connectivity index (χ1n) is 7.63. The van der Waals surface area contributed by atoms with E-state index >= 15 is 0 Å². The van der Waals surface area contributed by atoms with Gasteiger partial charge in [-0.1, -0.05) is 11.6 Å². The van der Waals surface area contributed by atoms with Gasteiger partial charge in [-0.05, 0) is 55.0 Å². The maximum atomic E-state index is 12.2. The number of benzene rings is 2. The second-order valence-electron chi connectivity index (χ2n) is 5.59. The normalized spacial score (nSPS) is 10.3. The van der Waals surface area contributed by atoms with E-state index in [4.69, 9.17) is 21.1 Å². The number of H-pyrrole nitrogens is 1. The molecule has 0 unspecified atom stereocenters. The number of ether oxygens (including phenoxy) is 2. The topological polar surface area (TPSA) is 68.4 Å². The molecule has 5 nitrogen and oxygen atoms in total. The Kier molecular flexibility index (Phi) is 6.29. The lowest BCUT2D eigenvalue weighted by Crippen LogP contribution is -2.15. The smallest absolute Gasteiger partial charge is 0.345 e. The SMILES string of the molecule is COc1ccc2[nH]c(C)c(CC(=O)OC(=O)c3ccc(Cl)cc3)c2c1.Cl. The standard InChI is InChI=1S/C19H16ClNO4.ClH/c1-11-15(16-9-14(24-2)7-8-17(16)21-11)10-18(22)25-19(23)12-3-5-13(20)6-4-12;/h3-9,21H,10H2,1-2H3;1H. The van der Waals surface area contributed by atoms with Crippen LogP contribution >= 0.6 is 24.0 Å². The Bertz CT molecular complexity index is 948. The molecule has 136 valence electrons. The molecule has 1 N–H and O–H groups in total. The zero-order chi connectivity index (χ0) is 18.0. The van der Waals surface area contributed by atoms with Gasteiger partial charge in [0.2, 0.25) is 0 Å². The molecule has 0 aliphatic rings. The van der Waals surface area contributed by atoms with Crippen molar-refractivity contribution in [2.75, 3.05) is 7.11 Å². The number of fused-ring (bicyclic) bond motifs is 1. The van der Waals surface area contributed by atoms with E-state index in [1.165, 1.54) is 12.1 Å². The van der Waals surface area contributed by atoms with E-state index in [0.717, 1.165) is 22.2 Å². The van der Waals surface area contributed by atoms with Gasteiger partial charge in [-0.25, -0.2) is 4.79 Å². The van der Waals surface area contributed by atoms with Crippen molar-refractivity contribution in [1.29, 1.82) is 0 Å². The number of aromatic nitrogens is 1. The highest BCUT2D eigenvalue weighted by Crippen LogP contribution is 2.27. The Hall–Kier alpha value is -2.50. The average Bonchev–Trinajstić information content (AvgIpc) is 2.90. The van der Waals surface area contributed by atoms with Gasteiger partial charge in [0.05, 0.1) is 19.1 Å². The molecule has 0 atom stereocenters. The van der Waals surface area contributed by atoms with Crippen molar-refractivity contribution in [2.24, 2.45) is 0 Å². The predicted molar refractivity (Wildman–Crippen MR) is 102 cm³/mol. The molecule has 3 aromatic rings. The summed E-state index contributed by atoms with van der Waals surface area (Å²) in [7, 11) is 1.58. The van der Waals surface area contributed by atoms with Gasteiger partial charge in [0, 0.05) is 21.6 Å². The maximum Gasteiger partial charge on any atom is 0.345 e. The number of esters is 2. The highest BCUT2D eigenvalue weighted by molar-refractivity contribution is 6.30. The summed E-state index contributed by atoms with van der Waals surface area (Å²) in [6.45, 7) is 1.87. The Morgan fingerprint density at radius 2 is 1.81 bits per heavy atom. The highest BCUT2D eigenvalue weighted by Gasteiger charge is 2.17. The molecule has 7 heteroatoms. The number of aromatic amines is 1. The average molecular weight is 394 g/mol. The lowest BCUT2D eigenvalue weighted by atomic mass is 10.1. The number of carbonyl (C=O) groups is 2. The van der Waals surface area contributed by atoms with Crippen molar-refractivity contribution in [3.63, 3.8) is 0 Å². The Morgan fingerprint density at radius 3 is 2.46 bits per heavy atom. The summed E-state index contributed by atoms with van der Waals surface area (Å²) < 4.78 is 10.2. The fourth-order valence-electron chi connectivity index (χ4n) is 2.64. The van der Waals surface area contributed by atoms with Crippen LogP contribution in [0.5, 0.6) is 5.75 Å². The fourth-order valence-corrected chi connectivity index (χ4v) is 2.77. The van der Waals surface area contributed by atoms with Gasteiger partial charge in [-0.2, -0.15) is 0 Å². The second-order valence-corrected chi connectivity index (χ2v) is 6.02. The third-order valence-electron chi connectivity index (χ3n) is 3.93. The summed E-state index contributed by atoms with van der Waals surface area (Å²) in [5.41, 5.74) is 2.79. The van der Waals surface area contributed by atoms with Crippen molar-refractivity contribution in [1.82, 2.24) is 4.98 Å². The monoisotopic (exact) mass is 393 g/mol. The quantitative estimate of drug-likeness (QED) is 0.523. The van der Waals surface area contributed by atoms with Gasteiger partial charge in [0.25, 0.3) is 0 Å². The summed E-state index contributed by atoms with van der Waals surface area (Å²) in [5.74, 6) is -0.623. The Morgan fingerprint density at radius 1 is 1.12 bits per heavy atom. The summed E-state index contributed by atoms with van der Waals surface area (Å²) in [5, 5.41) is 1.37. The van der Waals surface area contributed by atoms with Gasteiger partial charge in [-0.3, -0.25) is 4.79 Å². The maximum absolute atomic E-state index is 12.2. The molecule has 26 heavy (non-hydrogen) atoms. The van der Waals surface area contributed by atoms with Crippen LogP contribution in [0, 0.1) is 6.92 Å². The molecule has 0 aliphatic carbocycles. The zero-order valence-corrected chi connectivity index (χ0v) is 15.7. The zero-order valence-electron chi connectivity index (χ0n) is 14.2. The minimum atomic E-state index is -0.697. The molecule has 1 heterocycles. The summed E-state index contributed by atoms with van der Waals surface area (Å²) >= 11 is 5.78. The van der Waals surface area contributed by atoms with Crippen LogP contribution in [0.3, 0.4) is 0 Å². The summed E-state index contributed by atoms with van der Waals surface area (Å²) in [6.07, 6.45) is -0.0155. The molecule has 0 radical (unpaired) electrons. The first-order valence-corrected chi connectivity index (χ1v) is 8.01. The lowest BCUT2D eigenvalue weighted by molar-refractivity contribution is -0.137. The third kappa shape index (κ3) is 4.18. The number of carbonyl (C=O) groups excluding carboxylic acids is 2. The number of methoxy groups -OCH3 is 1. The summed E-state index contributed by atoms with van der Waals surface area (Å²) in [4.78, 5) is 27.4. The molecule has 0 saturated heterocycles. The van der Waals surface area contributed by atoms with Crippen molar-refractivity contribution in [2.45, 2.75) is 13.3 Å². The summed E-state index contributed by atoms with van der Waals surface area (Å²) in [6, 6.07) is 11.7. The molecule has 0 bridgehead atoms. The molecule has 2 aromatic carbocycles. The predicted octanol–water partition coefficient (Wildman–Crippen LogP) is 4.49. The molecule has 0 spiro atoms. The first-order chi connectivity index (χ1) is 12.0. The second kappa shape index (κ2) is 8.25. The Labute approximate surface area is 161 Å². The van der Waals surface area contributed by atoms with Gasteiger partial charge in [0.1, 0.15) is 5.75 Å². The van der Waals surface area contributed by atoms with Crippen LogP contribution in [0.1, 0.15) is 21.6 Å². The van der Waals surface area contributed by atoms with E-state index in [9.17, 15) is 9.59 Å². The van der Waals surface area contributed by atoms with Gasteiger partial charge < -0.3 is 14.5 Å². The lowest BCUT2D eigenvalue weighted by Gasteiger charge is -2.05. The van der Waals surface area contributed by atoms with Crippen molar-refractivity contribution in [3.8, 4) is 5.75 Å². The van der Waals surface area contributed by atoms with Gasteiger partial charge in [-0.15, -0.1) is 12.4 Å². The fraction of sp³-hybridized carbons (Fsp3) is 0.158. The van der Waals surface area contributed by atoms with E-state index in [1.807, 2.05) is 25.1 Å². The van der Waals surface area contributed by atoms with Crippen molar-refractivity contribution >= 4 is 46.8 Å². The molecule has 3 rings (SSSR count). The van der Waals surface area contributed by atoms with Crippen LogP contribution in [0.15, 0.2) is 42.5 Å². The van der Waals surface area contributed by atoms with Crippen LogP contribution in [0.2, 0.25) is 5.02 Å². The van der Waals surface area contributed by atoms with Crippen molar-refractivity contribution in [3.05, 3.63) is 64.3 Å². The number of aryl methyl sites for hydroxylation is 1. The molecule has 0 aliphatic heterocycles. The van der Waals surface area contributed by atoms with E-state index in [2.05, 4.69) is 4.98 Å². The molecule has 0 amide bonds. The molecule has 0 fully saturated rings. The van der Waals surface area contributed by atoms with Crippen molar-refractivity contribution < 1.29 is 19.1 Å². The number of rotatable bonds is 4. The highest BCUT2D eigenvalue weighted by atomic mass is 35.5. The molecule has 1 aromatic heterocycles. The largest absolute Gasteiger partial charge is 0.497 e. The molecular formula is C19H17Cl2NO4. The van der Waals surface area contributed by atoms with Crippen LogP contribution < -0.4 is 4.74 Å². The van der Waals surface area contributed by atoms with E-state index in [-0.39, 0.29) is 24.4 Å². The molecule has 0 saturated carbocycles. The molecular weight excluding hydrogens is 377 g/mol. The minimum Gasteiger partial charge on any atom is -0.497 e. The Balaban J connectivity index is 0.00000243. The van der Waals surface area contributed by atoms with Crippen LogP contribution in [-0.4, -0.2) is 24.0 Å².